The van der Waals surface area contributed by atoms with Gasteiger partial charge in [0.2, 0.25) is 0 Å². The Labute approximate surface area is 120 Å². The van der Waals surface area contributed by atoms with Gasteiger partial charge in [0, 0.05) is 11.8 Å². The van der Waals surface area contributed by atoms with Crippen LogP contribution in [0.1, 0.15) is 0 Å². The number of halogens is 2. The van der Waals surface area contributed by atoms with E-state index < -0.39 is 0 Å². The summed E-state index contributed by atoms with van der Waals surface area (Å²) >= 11 is 6.55. The highest BCUT2D eigenvalue weighted by Crippen LogP contribution is 2.29. The predicted molar refractivity (Wildman–Crippen MR) is 76.5 cm³/mol. The average molecular weight is 375 g/mol. The van der Waals surface area contributed by atoms with Crippen molar-refractivity contribution >= 4 is 43.4 Å². The lowest BCUT2D eigenvalue weighted by atomic mass is 10.3. The SMILES string of the molecule is COc1cc(Nc2nc[nH]c(=O)c2Br)ccc1Br. The fraction of sp³-hybridized carbons (Fsp3) is 0.0909. The molecule has 0 atom stereocenters. The van der Waals surface area contributed by atoms with Gasteiger partial charge in [-0.05, 0) is 44.0 Å². The molecule has 0 saturated carbocycles. The van der Waals surface area contributed by atoms with E-state index in [2.05, 4.69) is 47.1 Å². The number of ether oxygens (including phenoxy) is 1. The third kappa shape index (κ3) is 2.73. The summed E-state index contributed by atoms with van der Waals surface area (Å²) in [5.41, 5.74) is 0.533. The standard InChI is InChI=1S/C11H9Br2N3O2/c1-18-8-4-6(2-3-7(8)12)16-10-9(13)11(17)15-5-14-10/h2-5H,1H3,(H2,14,15,16,17). The maximum atomic E-state index is 11.4. The number of H-pyrrole nitrogens is 1. The molecule has 1 aromatic heterocycles. The largest absolute Gasteiger partial charge is 0.495 e. The number of nitrogens with one attached hydrogen (secondary N) is 2. The molecule has 18 heavy (non-hydrogen) atoms. The van der Waals surface area contributed by atoms with Crippen molar-refractivity contribution < 1.29 is 4.74 Å². The number of nitrogens with zero attached hydrogens (tertiary/aromatic N) is 1. The summed E-state index contributed by atoms with van der Waals surface area (Å²) in [5, 5.41) is 3.04. The zero-order valence-corrected chi connectivity index (χ0v) is 12.5. The molecule has 94 valence electrons. The third-order valence-electron chi connectivity index (χ3n) is 2.21. The highest BCUT2D eigenvalue weighted by Gasteiger charge is 2.07. The Kier molecular flexibility index (Phi) is 4.03. The summed E-state index contributed by atoms with van der Waals surface area (Å²) in [6.45, 7) is 0. The first-order valence-corrected chi connectivity index (χ1v) is 6.54. The predicted octanol–water partition coefficient (Wildman–Crippen LogP) is 3.05. The normalized spacial score (nSPS) is 10.2. The van der Waals surface area contributed by atoms with Crippen LogP contribution in [-0.2, 0) is 0 Å². The number of anilines is 2. The molecule has 2 aromatic rings. The minimum atomic E-state index is -0.239. The van der Waals surface area contributed by atoms with Crippen molar-refractivity contribution in [1.82, 2.24) is 9.97 Å². The molecule has 0 spiro atoms. The molecule has 0 radical (unpaired) electrons. The Morgan fingerprint density at radius 3 is 2.89 bits per heavy atom. The van der Waals surface area contributed by atoms with E-state index >= 15 is 0 Å². The number of hydrogen-bond donors (Lipinski definition) is 2. The molecule has 0 aliphatic carbocycles. The van der Waals surface area contributed by atoms with Gasteiger partial charge in [0.25, 0.3) is 5.56 Å². The Hall–Kier alpha value is -1.34. The van der Waals surface area contributed by atoms with E-state index in [1.165, 1.54) is 6.33 Å². The summed E-state index contributed by atoms with van der Waals surface area (Å²) < 4.78 is 6.40. The zero-order valence-electron chi connectivity index (χ0n) is 9.33. The van der Waals surface area contributed by atoms with Crippen LogP contribution in [0.5, 0.6) is 5.75 Å². The minimum Gasteiger partial charge on any atom is -0.495 e. The molecule has 0 unspecified atom stereocenters. The molecule has 2 rings (SSSR count). The smallest absolute Gasteiger partial charge is 0.267 e. The molecule has 0 amide bonds. The molecule has 0 aliphatic rings. The van der Waals surface area contributed by atoms with Gasteiger partial charge < -0.3 is 15.0 Å². The van der Waals surface area contributed by atoms with Crippen LogP contribution in [0.15, 0.2) is 38.3 Å². The third-order valence-corrected chi connectivity index (χ3v) is 3.60. The van der Waals surface area contributed by atoms with Crippen LogP contribution in [0, 0.1) is 0 Å². The molecule has 0 saturated heterocycles. The highest BCUT2D eigenvalue weighted by molar-refractivity contribution is 9.11. The summed E-state index contributed by atoms with van der Waals surface area (Å²) in [6.07, 6.45) is 1.34. The number of benzene rings is 1. The number of hydrogen-bond acceptors (Lipinski definition) is 4. The molecule has 0 fully saturated rings. The van der Waals surface area contributed by atoms with Gasteiger partial charge in [-0.15, -0.1) is 0 Å². The summed E-state index contributed by atoms with van der Waals surface area (Å²) in [4.78, 5) is 17.9. The first-order chi connectivity index (χ1) is 8.61. The van der Waals surface area contributed by atoms with Gasteiger partial charge in [0.15, 0.2) is 5.82 Å². The van der Waals surface area contributed by atoms with Crippen LogP contribution in [0.2, 0.25) is 0 Å². The van der Waals surface area contributed by atoms with Gasteiger partial charge >= 0.3 is 0 Å². The quantitative estimate of drug-likeness (QED) is 0.866. The van der Waals surface area contributed by atoms with Crippen molar-refractivity contribution in [3.8, 4) is 5.75 Å². The molecular weight excluding hydrogens is 366 g/mol. The topological polar surface area (TPSA) is 67.0 Å². The monoisotopic (exact) mass is 373 g/mol. The number of methoxy groups -OCH3 is 1. The van der Waals surface area contributed by atoms with E-state index in [1.807, 2.05) is 12.1 Å². The van der Waals surface area contributed by atoms with Gasteiger partial charge in [-0.3, -0.25) is 4.79 Å². The lowest BCUT2D eigenvalue weighted by Gasteiger charge is -2.09. The fourth-order valence-corrected chi connectivity index (χ4v) is 2.07. The van der Waals surface area contributed by atoms with Crippen LogP contribution >= 0.6 is 31.9 Å². The Bertz CT molecular complexity index is 628. The van der Waals surface area contributed by atoms with E-state index in [0.29, 0.717) is 16.0 Å². The van der Waals surface area contributed by atoms with E-state index in [1.54, 1.807) is 13.2 Å². The second-order valence-corrected chi connectivity index (χ2v) is 5.02. The van der Waals surface area contributed by atoms with Gasteiger partial charge in [-0.25, -0.2) is 4.98 Å². The number of rotatable bonds is 3. The molecule has 2 N–H and O–H groups in total. The summed E-state index contributed by atoms with van der Waals surface area (Å²) in [5.74, 6) is 1.14. The van der Waals surface area contributed by atoms with Crippen molar-refractivity contribution in [2.75, 3.05) is 12.4 Å². The van der Waals surface area contributed by atoms with Crippen molar-refractivity contribution in [3.05, 3.63) is 43.8 Å². The fourth-order valence-electron chi connectivity index (χ4n) is 1.34. The van der Waals surface area contributed by atoms with Gasteiger partial charge in [-0.2, -0.15) is 0 Å². The van der Waals surface area contributed by atoms with E-state index in [0.717, 1.165) is 10.2 Å². The van der Waals surface area contributed by atoms with Crippen LogP contribution in [0.4, 0.5) is 11.5 Å². The van der Waals surface area contributed by atoms with E-state index in [-0.39, 0.29) is 5.56 Å². The Balaban J connectivity index is 2.34. The van der Waals surface area contributed by atoms with Crippen molar-refractivity contribution in [1.29, 1.82) is 0 Å². The van der Waals surface area contributed by atoms with E-state index in [9.17, 15) is 4.79 Å². The molecule has 1 aromatic carbocycles. The molecule has 7 heteroatoms. The molecule has 5 nitrogen and oxygen atoms in total. The molecule has 0 bridgehead atoms. The lowest BCUT2D eigenvalue weighted by Crippen LogP contribution is -2.10. The number of aromatic amines is 1. The Morgan fingerprint density at radius 2 is 2.17 bits per heavy atom. The van der Waals surface area contributed by atoms with Gasteiger partial charge in [0.1, 0.15) is 10.2 Å². The molecule has 0 aliphatic heterocycles. The van der Waals surface area contributed by atoms with Crippen LogP contribution in [0.25, 0.3) is 0 Å². The summed E-state index contributed by atoms with van der Waals surface area (Å²) in [6, 6.07) is 5.50. The van der Waals surface area contributed by atoms with Gasteiger partial charge in [-0.1, -0.05) is 0 Å². The second-order valence-electron chi connectivity index (χ2n) is 3.37. The number of aromatic nitrogens is 2. The van der Waals surface area contributed by atoms with E-state index in [4.69, 9.17) is 4.74 Å². The van der Waals surface area contributed by atoms with Crippen molar-refractivity contribution in [2.45, 2.75) is 0 Å². The first kappa shape index (κ1) is 13.1. The van der Waals surface area contributed by atoms with Crippen LogP contribution < -0.4 is 15.6 Å². The van der Waals surface area contributed by atoms with Crippen molar-refractivity contribution in [2.24, 2.45) is 0 Å². The van der Waals surface area contributed by atoms with Gasteiger partial charge in [0.05, 0.1) is 17.9 Å². The molecule has 1 heterocycles. The molecular formula is C11H9Br2N3O2. The van der Waals surface area contributed by atoms with Crippen molar-refractivity contribution in [3.63, 3.8) is 0 Å². The van der Waals surface area contributed by atoms with Crippen LogP contribution in [0.3, 0.4) is 0 Å². The minimum absolute atomic E-state index is 0.239. The lowest BCUT2D eigenvalue weighted by molar-refractivity contribution is 0.412. The maximum Gasteiger partial charge on any atom is 0.267 e. The first-order valence-electron chi connectivity index (χ1n) is 4.95. The summed E-state index contributed by atoms with van der Waals surface area (Å²) in [7, 11) is 1.59. The second kappa shape index (κ2) is 5.53. The average Bonchev–Trinajstić information content (AvgIpc) is 2.37. The maximum absolute atomic E-state index is 11.4. The van der Waals surface area contributed by atoms with Crippen LogP contribution in [-0.4, -0.2) is 17.1 Å². The Morgan fingerprint density at radius 1 is 1.39 bits per heavy atom. The highest BCUT2D eigenvalue weighted by atomic mass is 79.9. The zero-order chi connectivity index (χ0) is 13.1.